The number of carbonyl (C=O) groups excluding carboxylic acids is 1. The normalized spacial score (nSPS) is 21.5. The number of phosphoric ester groups is 5. The highest BCUT2D eigenvalue weighted by atomic mass is 31.2. The Kier molecular flexibility index (Phi) is 26.7. The molecule has 5 N–H and O–H groups in total. The van der Waals surface area contributed by atoms with Gasteiger partial charge in [-0.05, 0) is 44.1 Å². The van der Waals surface area contributed by atoms with Crippen molar-refractivity contribution in [2.45, 2.75) is 76.2 Å². The molecule has 2 rings (SSSR count). The number of hydrogen-bond acceptors (Lipinski definition) is 19. The molecule has 1 aromatic rings. The number of benzene rings is 1. The van der Waals surface area contributed by atoms with Crippen molar-refractivity contribution in [2.75, 3.05) is 66.1 Å². The maximum absolute atomic E-state index is 12.3. The van der Waals surface area contributed by atoms with Crippen LogP contribution in [0, 0.1) is 12.3 Å². The van der Waals surface area contributed by atoms with Crippen LogP contribution in [0.15, 0.2) is 30.3 Å². The van der Waals surface area contributed by atoms with Crippen molar-refractivity contribution >= 4 is 53.1 Å². The van der Waals surface area contributed by atoms with Crippen LogP contribution in [0.25, 0.3) is 0 Å². The highest BCUT2D eigenvalue weighted by Crippen LogP contribution is 2.48. The van der Waals surface area contributed by atoms with E-state index in [1.807, 2.05) is 0 Å². The predicted octanol–water partition coefficient (Wildman–Crippen LogP) is 5.02. The van der Waals surface area contributed by atoms with E-state index < -0.39 is 110 Å². The van der Waals surface area contributed by atoms with E-state index in [-0.39, 0.29) is 58.5 Å². The summed E-state index contributed by atoms with van der Waals surface area (Å²) >= 11 is 0. The fourth-order valence-electron chi connectivity index (χ4n) is 4.43. The number of unbranched alkanes of at least 4 members (excludes halogenated alkanes) is 2. The highest BCUT2D eigenvalue weighted by Gasteiger charge is 2.38. The summed E-state index contributed by atoms with van der Waals surface area (Å²) in [5.41, 5.74) is 0.727. The minimum atomic E-state index is -4.66. The zero-order chi connectivity index (χ0) is 45.3. The molecule has 0 aromatic heterocycles. The van der Waals surface area contributed by atoms with Crippen LogP contribution >= 0.6 is 39.1 Å². The van der Waals surface area contributed by atoms with E-state index in [1.54, 1.807) is 30.3 Å². The summed E-state index contributed by atoms with van der Waals surface area (Å²) < 4.78 is 123. The summed E-state index contributed by atoms with van der Waals surface area (Å²) in [7, 11) is -16.9. The molecule has 2 radical (unpaired) electrons. The van der Waals surface area contributed by atoms with E-state index >= 15 is 0 Å². The van der Waals surface area contributed by atoms with Gasteiger partial charge in [-0.25, -0.2) is 27.6 Å². The largest absolute Gasteiger partial charge is 0.508 e. The number of phosphoric acid groups is 5. The number of ether oxygens (including phenoxy) is 3. The van der Waals surface area contributed by atoms with Crippen molar-refractivity contribution in [1.29, 1.82) is 0 Å². The number of rotatable bonds is 35. The van der Waals surface area contributed by atoms with Crippen molar-refractivity contribution in [1.82, 2.24) is 0 Å². The Morgan fingerprint density at radius 2 is 1.00 bits per heavy atom. The molecular formula is C31H52BO24P5. The van der Waals surface area contributed by atoms with Gasteiger partial charge in [-0.15, -0.1) is 12.3 Å². The molecule has 61 heavy (non-hydrogen) atoms. The second-order valence-electron chi connectivity index (χ2n) is 12.3. The monoisotopic (exact) mass is 974 g/mol. The zero-order valence-corrected chi connectivity index (χ0v) is 37.4. The Labute approximate surface area is 354 Å². The molecule has 1 aliphatic heterocycles. The standard InChI is InChI=1S/C31H52BO24P5/c1-2-3-4-8-15-45-57(34,35)46-16-9-17-47-58(36,37)48-18-10-19-49-59(38,39)50-20-11-21-51-60(40,41)52-22-12-23-53-61(42,43)54-26-29-28(24-30(32)55-29)56-31(33)44-25-27-13-6-5-7-14-27/h1,5-7,13-14,28-30H,3-4,8-12,15-26H2,(H,34,35)(H,36,37)(H,38,39)(H,40,41)(H,42,43). The van der Waals surface area contributed by atoms with Crippen LogP contribution in [0.2, 0.25) is 0 Å². The molecule has 1 aliphatic rings. The first-order valence-electron chi connectivity index (χ1n) is 18.5. The first-order valence-corrected chi connectivity index (χ1v) is 26.0. The molecule has 1 fully saturated rings. The van der Waals surface area contributed by atoms with E-state index in [0.29, 0.717) is 19.3 Å². The van der Waals surface area contributed by atoms with E-state index in [9.17, 15) is 52.1 Å². The number of terminal acetylenes is 1. The van der Waals surface area contributed by atoms with Gasteiger partial charge in [0, 0.05) is 18.8 Å². The average Bonchev–Trinajstić information content (AvgIpc) is 3.53. The zero-order valence-electron chi connectivity index (χ0n) is 32.9. The van der Waals surface area contributed by atoms with Gasteiger partial charge in [-0.2, -0.15) is 0 Å². The topological polar surface area (TPSA) is 324 Å². The quantitative estimate of drug-likeness (QED) is 0.0196. The molecule has 1 heterocycles. The van der Waals surface area contributed by atoms with Crippen LogP contribution in [0.1, 0.15) is 56.9 Å². The third-order valence-corrected chi connectivity index (χ3v) is 12.3. The van der Waals surface area contributed by atoms with Gasteiger partial charge in [0.2, 0.25) is 0 Å². The molecule has 348 valence electrons. The van der Waals surface area contributed by atoms with Gasteiger partial charge < -0.3 is 38.7 Å². The molecule has 8 unspecified atom stereocenters. The third-order valence-electron chi connectivity index (χ3n) is 7.24. The second-order valence-corrected chi connectivity index (χ2v) is 19.6. The second kappa shape index (κ2) is 29.2. The molecule has 0 bridgehead atoms. The Hall–Kier alpha value is -1.38. The summed E-state index contributed by atoms with van der Waals surface area (Å²) in [6.45, 7) is -4.02. The smallest absolute Gasteiger partial charge is 0.429 e. The van der Waals surface area contributed by atoms with Gasteiger partial charge in [-0.3, -0.25) is 45.2 Å². The van der Waals surface area contributed by atoms with Crippen LogP contribution < -0.4 is 0 Å². The minimum absolute atomic E-state index is 0.0388. The Balaban J connectivity index is 1.50. The van der Waals surface area contributed by atoms with E-state index in [0.717, 1.165) is 5.56 Å². The fourth-order valence-corrected chi connectivity index (χ4v) is 8.38. The number of carbonyl (C=O) groups is 1. The summed E-state index contributed by atoms with van der Waals surface area (Å²) in [5.74, 6) is 2.42. The van der Waals surface area contributed by atoms with Crippen LogP contribution in [-0.4, -0.2) is 123 Å². The first kappa shape index (κ1) is 55.8. The Morgan fingerprint density at radius 1 is 0.623 bits per heavy atom. The lowest BCUT2D eigenvalue weighted by Crippen LogP contribution is -2.31. The maximum atomic E-state index is 12.3. The third kappa shape index (κ3) is 28.2. The van der Waals surface area contributed by atoms with Crippen molar-refractivity contribution < 1.29 is 112 Å². The molecule has 24 nitrogen and oxygen atoms in total. The minimum Gasteiger partial charge on any atom is -0.429 e. The molecule has 0 amide bonds. The van der Waals surface area contributed by atoms with Crippen LogP contribution in [0.4, 0.5) is 4.79 Å². The molecule has 8 atom stereocenters. The Morgan fingerprint density at radius 3 is 1.39 bits per heavy atom. The lowest BCUT2D eigenvalue weighted by molar-refractivity contribution is -0.0354. The van der Waals surface area contributed by atoms with Crippen molar-refractivity contribution in [3.05, 3.63) is 35.9 Å². The van der Waals surface area contributed by atoms with Gasteiger partial charge in [0.25, 0.3) is 0 Å². The summed E-state index contributed by atoms with van der Waals surface area (Å²) in [5, 5.41) is 0. The van der Waals surface area contributed by atoms with Crippen molar-refractivity contribution in [3.63, 3.8) is 0 Å². The van der Waals surface area contributed by atoms with Crippen LogP contribution in [0.3, 0.4) is 0 Å². The fraction of sp³-hybridized carbons (Fsp3) is 0.710. The van der Waals surface area contributed by atoms with E-state index in [2.05, 4.69) is 5.92 Å². The van der Waals surface area contributed by atoms with Gasteiger partial charge >= 0.3 is 45.3 Å². The SMILES string of the molecule is [B]C1CC(OC(=O)OCc2ccccc2)C(COP(=O)(O)OCCCOP(=O)(O)OCCCOP(=O)(O)OCCCOP(=O)(O)OCCCOP(=O)(O)OCCCCC#C)O1. The lowest BCUT2D eigenvalue weighted by Gasteiger charge is -2.20. The molecule has 0 aliphatic carbocycles. The van der Waals surface area contributed by atoms with Crippen LogP contribution in [-0.2, 0) is 88.9 Å². The van der Waals surface area contributed by atoms with Gasteiger partial charge in [0.05, 0.1) is 66.1 Å². The highest BCUT2D eigenvalue weighted by molar-refractivity contribution is 7.48. The molecule has 0 spiro atoms. The van der Waals surface area contributed by atoms with Crippen LogP contribution in [0.5, 0.6) is 0 Å². The Bertz CT molecular complexity index is 1700. The van der Waals surface area contributed by atoms with Gasteiger partial charge in [0.15, 0.2) is 0 Å². The molecule has 1 saturated heterocycles. The summed E-state index contributed by atoms with van der Waals surface area (Å²) in [4.78, 5) is 61.0. The van der Waals surface area contributed by atoms with E-state index in [4.69, 9.17) is 73.7 Å². The van der Waals surface area contributed by atoms with E-state index in [1.165, 1.54) is 0 Å². The first-order chi connectivity index (χ1) is 28.7. The molecule has 30 heteroatoms. The maximum Gasteiger partial charge on any atom is 0.508 e. The lowest BCUT2D eigenvalue weighted by atomic mass is 9.96. The van der Waals surface area contributed by atoms with Crippen molar-refractivity contribution in [3.8, 4) is 12.3 Å². The molecule has 0 saturated carbocycles. The summed E-state index contributed by atoms with van der Waals surface area (Å²) in [6.07, 6.45) is 3.26. The average molecular weight is 974 g/mol. The van der Waals surface area contributed by atoms with Gasteiger partial charge in [0.1, 0.15) is 26.7 Å². The molecular weight excluding hydrogens is 922 g/mol. The summed E-state index contributed by atoms with van der Waals surface area (Å²) in [6, 6.07) is 7.99. The van der Waals surface area contributed by atoms with Gasteiger partial charge in [-0.1, -0.05) is 30.3 Å². The molecule has 1 aromatic carbocycles. The predicted molar refractivity (Wildman–Crippen MR) is 210 cm³/mol. The number of hydrogen-bond donors (Lipinski definition) is 5. The van der Waals surface area contributed by atoms with Crippen molar-refractivity contribution in [2.24, 2.45) is 0 Å².